The van der Waals surface area contributed by atoms with Crippen molar-refractivity contribution in [3.05, 3.63) is 35.9 Å². The molecule has 0 radical (unpaired) electrons. The fourth-order valence-corrected chi connectivity index (χ4v) is 1.94. The first kappa shape index (κ1) is 17.1. The largest absolute Gasteiger partial charge is 0.480 e. The fraction of sp³-hybridized carbons (Fsp3) is 0.467. The number of amides is 1. The molecule has 0 heterocycles. The minimum atomic E-state index is -1.45. The molecule has 3 atom stereocenters. The maximum absolute atomic E-state index is 11.9. The predicted molar refractivity (Wildman–Crippen MR) is 78.5 cm³/mol. The van der Waals surface area contributed by atoms with Crippen LogP contribution < -0.4 is 11.1 Å². The van der Waals surface area contributed by atoms with E-state index in [1.54, 1.807) is 13.8 Å². The molecule has 6 heteroatoms. The zero-order valence-electron chi connectivity index (χ0n) is 12.2. The van der Waals surface area contributed by atoms with Gasteiger partial charge >= 0.3 is 5.97 Å². The van der Waals surface area contributed by atoms with Gasteiger partial charge in [-0.25, -0.2) is 4.79 Å². The van der Waals surface area contributed by atoms with Crippen molar-refractivity contribution < 1.29 is 19.8 Å². The van der Waals surface area contributed by atoms with Crippen LogP contribution in [0.3, 0.4) is 0 Å². The fourth-order valence-electron chi connectivity index (χ4n) is 1.94. The molecule has 21 heavy (non-hydrogen) atoms. The molecule has 1 aromatic carbocycles. The van der Waals surface area contributed by atoms with Gasteiger partial charge in [0, 0.05) is 6.04 Å². The van der Waals surface area contributed by atoms with Gasteiger partial charge in [-0.1, -0.05) is 44.2 Å². The summed E-state index contributed by atoms with van der Waals surface area (Å²) in [5, 5.41) is 21.3. The molecular formula is C15H22N2O4. The highest BCUT2D eigenvalue weighted by Gasteiger charge is 2.29. The lowest BCUT2D eigenvalue weighted by molar-refractivity contribution is -0.145. The standard InChI is InChI=1S/C15H22N2O4/c1-9(2)12(15(20)21)17-14(19)13(18)11(16)8-10-6-4-3-5-7-10/h3-7,9,11-13,18H,8,16H2,1-2H3,(H,17,19)(H,20,21)/t11-,12-,13-/m1/s1. The Morgan fingerprint density at radius 1 is 1.24 bits per heavy atom. The summed E-state index contributed by atoms with van der Waals surface area (Å²) in [5.74, 6) is -2.19. The van der Waals surface area contributed by atoms with Crippen molar-refractivity contribution in [2.24, 2.45) is 11.7 Å². The summed E-state index contributed by atoms with van der Waals surface area (Å²) >= 11 is 0. The van der Waals surface area contributed by atoms with E-state index in [1.807, 2.05) is 30.3 Å². The van der Waals surface area contributed by atoms with Gasteiger partial charge in [0.2, 0.25) is 0 Å². The van der Waals surface area contributed by atoms with Crippen molar-refractivity contribution in [2.45, 2.75) is 38.5 Å². The van der Waals surface area contributed by atoms with E-state index in [9.17, 15) is 14.7 Å². The molecule has 0 aliphatic heterocycles. The van der Waals surface area contributed by atoms with Crippen LogP contribution in [0.5, 0.6) is 0 Å². The third-order valence-corrected chi connectivity index (χ3v) is 3.22. The summed E-state index contributed by atoms with van der Waals surface area (Å²) in [6.45, 7) is 3.35. The molecule has 0 aliphatic rings. The van der Waals surface area contributed by atoms with Crippen LogP contribution in [-0.4, -0.2) is 40.3 Å². The Morgan fingerprint density at radius 3 is 2.29 bits per heavy atom. The molecule has 0 unspecified atom stereocenters. The number of carbonyl (C=O) groups is 2. The number of hydrogen-bond donors (Lipinski definition) is 4. The molecule has 0 aliphatic carbocycles. The summed E-state index contributed by atoms with van der Waals surface area (Å²) in [5.41, 5.74) is 6.72. The van der Waals surface area contributed by atoms with E-state index in [-0.39, 0.29) is 5.92 Å². The number of carbonyl (C=O) groups excluding carboxylic acids is 1. The normalized spacial score (nSPS) is 15.3. The Morgan fingerprint density at radius 2 is 1.81 bits per heavy atom. The Bertz CT molecular complexity index is 476. The third kappa shape index (κ3) is 5.17. The third-order valence-electron chi connectivity index (χ3n) is 3.22. The second kappa shape index (κ2) is 7.75. The van der Waals surface area contributed by atoms with E-state index in [0.29, 0.717) is 6.42 Å². The average molecular weight is 294 g/mol. The molecule has 0 aromatic heterocycles. The highest BCUT2D eigenvalue weighted by molar-refractivity contribution is 5.86. The molecule has 6 nitrogen and oxygen atoms in total. The number of aliphatic hydroxyl groups excluding tert-OH is 1. The molecule has 1 amide bonds. The molecule has 0 bridgehead atoms. The van der Waals surface area contributed by atoms with Gasteiger partial charge < -0.3 is 21.3 Å². The van der Waals surface area contributed by atoms with Crippen LogP contribution in [0.4, 0.5) is 0 Å². The predicted octanol–water partition coefficient (Wildman–Crippen LogP) is 0.143. The van der Waals surface area contributed by atoms with Crippen molar-refractivity contribution in [1.29, 1.82) is 0 Å². The van der Waals surface area contributed by atoms with Crippen molar-refractivity contribution in [1.82, 2.24) is 5.32 Å². The SMILES string of the molecule is CC(C)[C@@H](NC(=O)[C@H](O)[C@H](N)Cc1ccccc1)C(=O)O. The van der Waals surface area contributed by atoms with Crippen LogP contribution in [0.25, 0.3) is 0 Å². The Kier molecular flexibility index (Phi) is 6.33. The number of nitrogens with one attached hydrogen (secondary N) is 1. The highest BCUT2D eigenvalue weighted by Crippen LogP contribution is 2.07. The minimum Gasteiger partial charge on any atom is -0.480 e. The van der Waals surface area contributed by atoms with Gasteiger partial charge in [-0.15, -0.1) is 0 Å². The van der Waals surface area contributed by atoms with Gasteiger partial charge in [0.15, 0.2) is 0 Å². The molecule has 0 saturated heterocycles. The number of carboxylic acid groups (broad SMARTS) is 1. The molecule has 1 rings (SSSR count). The first-order chi connectivity index (χ1) is 9.82. The Balaban J connectivity index is 2.62. The van der Waals surface area contributed by atoms with E-state index in [0.717, 1.165) is 5.56 Å². The van der Waals surface area contributed by atoms with Crippen LogP contribution in [0, 0.1) is 5.92 Å². The molecule has 116 valence electrons. The lowest BCUT2D eigenvalue weighted by Gasteiger charge is -2.23. The monoisotopic (exact) mass is 294 g/mol. The molecule has 1 aromatic rings. The molecule has 0 spiro atoms. The Labute approximate surface area is 124 Å². The van der Waals surface area contributed by atoms with Crippen molar-refractivity contribution in [3.63, 3.8) is 0 Å². The highest BCUT2D eigenvalue weighted by atomic mass is 16.4. The summed E-state index contributed by atoms with van der Waals surface area (Å²) in [4.78, 5) is 22.9. The van der Waals surface area contributed by atoms with E-state index < -0.39 is 30.1 Å². The summed E-state index contributed by atoms with van der Waals surface area (Å²) in [6.07, 6.45) is -1.12. The zero-order valence-corrected chi connectivity index (χ0v) is 12.2. The van der Waals surface area contributed by atoms with Crippen LogP contribution >= 0.6 is 0 Å². The van der Waals surface area contributed by atoms with Gasteiger partial charge in [-0.2, -0.15) is 0 Å². The van der Waals surface area contributed by atoms with Crippen LogP contribution in [-0.2, 0) is 16.0 Å². The summed E-state index contributed by atoms with van der Waals surface area (Å²) in [7, 11) is 0. The van der Waals surface area contributed by atoms with E-state index in [1.165, 1.54) is 0 Å². The lowest BCUT2D eigenvalue weighted by atomic mass is 10.00. The summed E-state index contributed by atoms with van der Waals surface area (Å²) in [6, 6.07) is 7.39. The zero-order chi connectivity index (χ0) is 16.0. The minimum absolute atomic E-state index is 0.288. The van der Waals surface area contributed by atoms with Crippen molar-refractivity contribution >= 4 is 11.9 Å². The number of rotatable bonds is 7. The summed E-state index contributed by atoms with van der Waals surface area (Å²) < 4.78 is 0. The second-order valence-corrected chi connectivity index (χ2v) is 5.37. The van der Waals surface area contributed by atoms with Gasteiger partial charge in [0.1, 0.15) is 12.1 Å². The molecular weight excluding hydrogens is 272 g/mol. The van der Waals surface area contributed by atoms with Gasteiger partial charge in [0.05, 0.1) is 0 Å². The number of benzene rings is 1. The number of nitrogens with two attached hydrogens (primary N) is 1. The number of carboxylic acids is 1. The van der Waals surface area contributed by atoms with E-state index >= 15 is 0 Å². The number of hydrogen-bond acceptors (Lipinski definition) is 4. The van der Waals surface area contributed by atoms with Crippen LogP contribution in [0.15, 0.2) is 30.3 Å². The van der Waals surface area contributed by atoms with E-state index in [2.05, 4.69) is 5.32 Å². The topological polar surface area (TPSA) is 113 Å². The second-order valence-electron chi connectivity index (χ2n) is 5.37. The Hall–Kier alpha value is -1.92. The molecule has 0 saturated carbocycles. The number of aliphatic hydroxyl groups is 1. The first-order valence-electron chi connectivity index (χ1n) is 6.83. The van der Waals surface area contributed by atoms with E-state index in [4.69, 9.17) is 10.8 Å². The molecule has 0 fully saturated rings. The van der Waals surface area contributed by atoms with Gasteiger partial charge in [-0.05, 0) is 17.9 Å². The maximum atomic E-state index is 11.9. The maximum Gasteiger partial charge on any atom is 0.326 e. The van der Waals surface area contributed by atoms with Crippen molar-refractivity contribution in [2.75, 3.05) is 0 Å². The number of aliphatic carboxylic acids is 1. The van der Waals surface area contributed by atoms with Crippen LogP contribution in [0.1, 0.15) is 19.4 Å². The molecule has 5 N–H and O–H groups in total. The van der Waals surface area contributed by atoms with Crippen molar-refractivity contribution in [3.8, 4) is 0 Å². The quantitative estimate of drug-likeness (QED) is 0.571. The van der Waals surface area contributed by atoms with Gasteiger partial charge in [-0.3, -0.25) is 4.79 Å². The lowest BCUT2D eigenvalue weighted by Crippen LogP contribution is -2.53. The average Bonchev–Trinajstić information content (AvgIpc) is 2.43. The first-order valence-corrected chi connectivity index (χ1v) is 6.83. The van der Waals surface area contributed by atoms with Crippen LogP contribution in [0.2, 0.25) is 0 Å². The van der Waals surface area contributed by atoms with Gasteiger partial charge in [0.25, 0.3) is 5.91 Å². The smallest absolute Gasteiger partial charge is 0.326 e.